The maximum Gasteiger partial charge on any atom is 0.416 e. The first-order chi connectivity index (χ1) is 13.7. The van der Waals surface area contributed by atoms with Crippen LogP contribution >= 0.6 is 0 Å². The van der Waals surface area contributed by atoms with Crippen LogP contribution in [-0.2, 0) is 12.7 Å². The fraction of sp³-hybridized carbons (Fsp3) is 0.136. The van der Waals surface area contributed by atoms with E-state index in [9.17, 15) is 22.8 Å². The summed E-state index contributed by atoms with van der Waals surface area (Å²) in [5.74, 6) is -0.589. The molecular weight excluding hydrogens is 381 g/mol. The van der Waals surface area contributed by atoms with Crippen molar-refractivity contribution in [1.29, 1.82) is 0 Å². The molecule has 1 amide bonds. The molecule has 148 valence electrons. The molecule has 1 heterocycles. The summed E-state index contributed by atoms with van der Waals surface area (Å²) >= 11 is 0. The van der Waals surface area contributed by atoms with Crippen molar-refractivity contribution in [1.82, 2.24) is 10.3 Å². The third-order valence-electron chi connectivity index (χ3n) is 4.25. The molecule has 0 aliphatic rings. The van der Waals surface area contributed by atoms with Crippen LogP contribution in [0.1, 0.15) is 38.9 Å². The van der Waals surface area contributed by atoms with E-state index in [4.69, 9.17) is 0 Å². The molecule has 0 bridgehead atoms. The lowest BCUT2D eigenvalue weighted by Gasteiger charge is -2.10. The van der Waals surface area contributed by atoms with Crippen LogP contribution < -0.4 is 5.32 Å². The van der Waals surface area contributed by atoms with Crippen molar-refractivity contribution in [2.45, 2.75) is 19.6 Å². The maximum absolute atomic E-state index is 12.8. The van der Waals surface area contributed by atoms with Crippen LogP contribution in [0.15, 0.2) is 66.7 Å². The van der Waals surface area contributed by atoms with Crippen molar-refractivity contribution in [3.63, 3.8) is 0 Å². The van der Waals surface area contributed by atoms with Crippen LogP contribution in [-0.4, -0.2) is 16.7 Å². The van der Waals surface area contributed by atoms with Gasteiger partial charge in [0.2, 0.25) is 0 Å². The van der Waals surface area contributed by atoms with E-state index < -0.39 is 17.6 Å². The van der Waals surface area contributed by atoms with Crippen molar-refractivity contribution in [3.05, 3.63) is 89.1 Å². The monoisotopic (exact) mass is 398 g/mol. The van der Waals surface area contributed by atoms with E-state index in [0.717, 1.165) is 12.1 Å². The van der Waals surface area contributed by atoms with E-state index in [-0.39, 0.29) is 18.0 Å². The molecule has 29 heavy (non-hydrogen) atoms. The van der Waals surface area contributed by atoms with Gasteiger partial charge in [0, 0.05) is 17.7 Å². The maximum atomic E-state index is 12.8. The fourth-order valence-electron chi connectivity index (χ4n) is 2.75. The smallest absolute Gasteiger partial charge is 0.347 e. The fourth-order valence-corrected chi connectivity index (χ4v) is 2.75. The van der Waals surface area contributed by atoms with Gasteiger partial charge in [-0.05, 0) is 42.8 Å². The molecule has 0 aliphatic carbocycles. The third-order valence-corrected chi connectivity index (χ3v) is 4.25. The highest BCUT2D eigenvalue weighted by molar-refractivity contribution is 5.95. The molecule has 0 atom stereocenters. The molecule has 0 saturated carbocycles. The van der Waals surface area contributed by atoms with Crippen LogP contribution in [0.3, 0.4) is 0 Å². The van der Waals surface area contributed by atoms with Crippen LogP contribution in [0.2, 0.25) is 0 Å². The van der Waals surface area contributed by atoms with E-state index in [0.29, 0.717) is 22.4 Å². The molecule has 0 saturated heterocycles. The van der Waals surface area contributed by atoms with Gasteiger partial charge in [0.05, 0.1) is 11.3 Å². The van der Waals surface area contributed by atoms with Gasteiger partial charge in [-0.15, -0.1) is 0 Å². The Labute approximate surface area is 165 Å². The SMILES string of the molecule is CC(=O)c1cccc(-c2cccc(C(=O)NCc3cccc(C(F)(F)F)c3)n2)c1. The van der Waals surface area contributed by atoms with Gasteiger partial charge in [0.15, 0.2) is 5.78 Å². The van der Waals surface area contributed by atoms with Gasteiger partial charge in [-0.2, -0.15) is 13.2 Å². The number of hydrogen-bond acceptors (Lipinski definition) is 3. The number of ketones is 1. The average Bonchev–Trinajstić information content (AvgIpc) is 2.72. The van der Waals surface area contributed by atoms with Gasteiger partial charge in [0.25, 0.3) is 5.91 Å². The predicted molar refractivity (Wildman–Crippen MR) is 102 cm³/mol. The molecule has 1 N–H and O–H groups in total. The Hall–Kier alpha value is -3.48. The minimum Gasteiger partial charge on any atom is -0.347 e. The number of halogens is 3. The second-order valence-corrected chi connectivity index (χ2v) is 6.43. The van der Waals surface area contributed by atoms with Gasteiger partial charge in [-0.3, -0.25) is 9.59 Å². The molecule has 7 heteroatoms. The summed E-state index contributed by atoms with van der Waals surface area (Å²) in [6.07, 6.45) is -4.44. The van der Waals surface area contributed by atoms with Crippen LogP contribution in [0.25, 0.3) is 11.3 Å². The van der Waals surface area contributed by atoms with E-state index in [1.54, 1.807) is 36.4 Å². The molecule has 2 aromatic carbocycles. The summed E-state index contributed by atoms with van der Waals surface area (Å²) in [6, 6.07) is 16.5. The number of amides is 1. The molecule has 0 unspecified atom stereocenters. The summed E-state index contributed by atoms with van der Waals surface area (Å²) in [6.45, 7) is 1.40. The van der Waals surface area contributed by atoms with Gasteiger partial charge in [-0.25, -0.2) is 4.98 Å². The number of rotatable bonds is 5. The van der Waals surface area contributed by atoms with Gasteiger partial charge < -0.3 is 5.32 Å². The van der Waals surface area contributed by atoms with E-state index in [1.807, 2.05) is 0 Å². The zero-order chi connectivity index (χ0) is 21.0. The summed E-state index contributed by atoms with van der Waals surface area (Å²) in [7, 11) is 0. The molecular formula is C22H17F3N2O2. The Morgan fingerprint density at radius 3 is 2.41 bits per heavy atom. The van der Waals surface area contributed by atoms with Crippen LogP contribution in [0.5, 0.6) is 0 Å². The highest BCUT2D eigenvalue weighted by atomic mass is 19.4. The zero-order valence-corrected chi connectivity index (χ0v) is 15.5. The molecule has 4 nitrogen and oxygen atoms in total. The lowest BCUT2D eigenvalue weighted by Crippen LogP contribution is -2.24. The number of carbonyl (C=O) groups excluding carboxylic acids is 2. The topological polar surface area (TPSA) is 59.1 Å². The first-order valence-corrected chi connectivity index (χ1v) is 8.77. The summed E-state index contributed by atoms with van der Waals surface area (Å²) in [5.41, 5.74) is 1.42. The van der Waals surface area contributed by atoms with Crippen LogP contribution in [0, 0.1) is 0 Å². The van der Waals surface area contributed by atoms with Crippen molar-refractivity contribution in [2.24, 2.45) is 0 Å². The Morgan fingerprint density at radius 2 is 1.69 bits per heavy atom. The van der Waals surface area contributed by atoms with E-state index in [1.165, 1.54) is 25.1 Å². The number of alkyl halides is 3. The Morgan fingerprint density at radius 1 is 0.966 bits per heavy atom. The molecule has 0 aliphatic heterocycles. The number of Topliss-reactive ketones (excluding diaryl/α,β-unsaturated/α-hetero) is 1. The number of nitrogens with zero attached hydrogens (tertiary/aromatic N) is 1. The zero-order valence-electron chi connectivity index (χ0n) is 15.5. The third kappa shape index (κ3) is 5.07. The summed E-state index contributed by atoms with van der Waals surface area (Å²) < 4.78 is 38.4. The second kappa shape index (κ2) is 8.26. The molecule has 0 radical (unpaired) electrons. The largest absolute Gasteiger partial charge is 0.416 e. The van der Waals surface area contributed by atoms with Crippen LogP contribution in [0.4, 0.5) is 13.2 Å². The first-order valence-electron chi connectivity index (χ1n) is 8.77. The lowest BCUT2D eigenvalue weighted by atomic mass is 10.1. The lowest BCUT2D eigenvalue weighted by molar-refractivity contribution is -0.137. The van der Waals surface area contributed by atoms with Gasteiger partial charge in [-0.1, -0.05) is 36.4 Å². The standard InChI is InChI=1S/C22H17F3N2O2/c1-14(28)16-6-3-7-17(12-16)19-9-4-10-20(27-19)21(29)26-13-15-5-2-8-18(11-15)22(23,24)25/h2-12H,13H2,1H3,(H,26,29). The van der Waals surface area contributed by atoms with E-state index in [2.05, 4.69) is 10.3 Å². The molecule has 0 spiro atoms. The minimum atomic E-state index is -4.44. The number of nitrogens with one attached hydrogen (secondary N) is 1. The molecule has 3 aromatic rings. The second-order valence-electron chi connectivity index (χ2n) is 6.43. The van der Waals surface area contributed by atoms with E-state index >= 15 is 0 Å². The number of pyridine rings is 1. The number of carbonyl (C=O) groups is 2. The van der Waals surface area contributed by atoms with Crippen molar-refractivity contribution in [2.75, 3.05) is 0 Å². The summed E-state index contributed by atoms with van der Waals surface area (Å²) in [4.78, 5) is 28.3. The Bertz CT molecular complexity index is 1060. The average molecular weight is 398 g/mol. The highest BCUT2D eigenvalue weighted by Gasteiger charge is 2.30. The van der Waals surface area contributed by atoms with Crippen molar-refractivity contribution in [3.8, 4) is 11.3 Å². The molecule has 1 aromatic heterocycles. The Kier molecular flexibility index (Phi) is 5.77. The number of aromatic nitrogens is 1. The molecule has 0 fully saturated rings. The minimum absolute atomic E-state index is 0.0610. The van der Waals surface area contributed by atoms with Crippen molar-refractivity contribution >= 4 is 11.7 Å². The highest BCUT2D eigenvalue weighted by Crippen LogP contribution is 2.29. The van der Waals surface area contributed by atoms with Gasteiger partial charge >= 0.3 is 6.18 Å². The summed E-state index contributed by atoms with van der Waals surface area (Å²) in [5, 5.41) is 2.58. The normalized spacial score (nSPS) is 11.2. The molecule has 3 rings (SSSR count). The van der Waals surface area contributed by atoms with Gasteiger partial charge in [0.1, 0.15) is 5.69 Å². The van der Waals surface area contributed by atoms with Crippen molar-refractivity contribution < 1.29 is 22.8 Å². The Balaban J connectivity index is 1.75. The quantitative estimate of drug-likeness (QED) is 0.622. The number of hydrogen-bond donors (Lipinski definition) is 1. The number of benzene rings is 2. The predicted octanol–water partition coefficient (Wildman–Crippen LogP) is 4.90. The first kappa shape index (κ1) is 20.3.